The van der Waals surface area contributed by atoms with Gasteiger partial charge in [0.25, 0.3) is 0 Å². The summed E-state index contributed by atoms with van der Waals surface area (Å²) < 4.78 is 137. The summed E-state index contributed by atoms with van der Waals surface area (Å²) in [6.07, 6.45) is -20.9. The van der Waals surface area contributed by atoms with Crippen LogP contribution < -0.4 is 10.6 Å². The van der Waals surface area contributed by atoms with Gasteiger partial charge in [-0.15, -0.1) is 0 Å². The summed E-state index contributed by atoms with van der Waals surface area (Å²) >= 11 is 10.2. The fourth-order valence-electron chi connectivity index (χ4n) is 3.36. The Kier molecular flexibility index (Phi) is 23.6. The topological polar surface area (TPSA) is 114 Å². The Morgan fingerprint density at radius 1 is 0.562 bits per heavy atom. The zero-order chi connectivity index (χ0) is 36.7. The SMILES string of the molecule is CCCC(=S)CCCOCCOCCCC(=O)C(F)(F)OC(F)(F)C(F)(F)OC(F)(F)C(=O)NCCOCCOCCNC(=S)CCC. The minimum absolute atomic E-state index is 0.0134. The quantitative estimate of drug-likeness (QED) is 0.0525. The molecule has 0 aromatic carbocycles. The van der Waals surface area contributed by atoms with Gasteiger partial charge in [-0.25, -0.2) is 9.47 Å². The molecule has 0 spiro atoms. The number of ether oxygens (including phenoxy) is 6. The number of nitrogens with one attached hydrogen (secondary N) is 2. The third-order valence-electron chi connectivity index (χ3n) is 5.73. The molecule has 0 aliphatic heterocycles. The number of hydrogen-bond acceptors (Lipinski definition) is 10. The Morgan fingerprint density at radius 2 is 1.00 bits per heavy atom. The molecule has 0 rings (SSSR count). The number of carbonyl (C=O) groups is 2. The number of Topliss-reactive ketones (excluding diaryl/α,β-unsaturated/α-hetero) is 1. The minimum Gasteiger partial charge on any atom is -0.379 e. The highest BCUT2D eigenvalue weighted by molar-refractivity contribution is 7.80. The highest BCUT2D eigenvalue weighted by Crippen LogP contribution is 2.43. The highest BCUT2D eigenvalue weighted by Gasteiger charge is 2.69. The zero-order valence-electron chi connectivity index (χ0n) is 26.8. The number of carbonyl (C=O) groups excluding carboxylic acids is 2. The van der Waals surface area contributed by atoms with Crippen LogP contribution in [-0.4, -0.2) is 112 Å². The lowest BCUT2D eigenvalue weighted by atomic mass is 10.2. The highest BCUT2D eigenvalue weighted by atomic mass is 32.1. The van der Waals surface area contributed by atoms with Crippen molar-refractivity contribution in [1.82, 2.24) is 10.6 Å². The van der Waals surface area contributed by atoms with E-state index in [2.05, 4.69) is 14.8 Å². The van der Waals surface area contributed by atoms with Gasteiger partial charge in [0.15, 0.2) is 0 Å². The smallest absolute Gasteiger partial charge is 0.379 e. The van der Waals surface area contributed by atoms with Crippen molar-refractivity contribution < 1.29 is 73.1 Å². The Balaban J connectivity index is 4.42. The minimum atomic E-state index is -6.48. The van der Waals surface area contributed by atoms with Crippen LogP contribution >= 0.6 is 24.4 Å². The van der Waals surface area contributed by atoms with Gasteiger partial charge in [-0.3, -0.25) is 9.59 Å². The molecule has 0 atom stereocenters. The maximum absolute atomic E-state index is 13.9. The largest absolute Gasteiger partial charge is 0.453 e. The fourth-order valence-corrected chi connectivity index (χ4v) is 4.02. The maximum Gasteiger partial charge on any atom is 0.453 e. The average molecular weight is 753 g/mol. The summed E-state index contributed by atoms with van der Waals surface area (Å²) in [6, 6.07) is 0. The van der Waals surface area contributed by atoms with Crippen LogP contribution in [0.4, 0.5) is 35.1 Å². The van der Waals surface area contributed by atoms with E-state index < -0.39 is 62.1 Å². The van der Waals surface area contributed by atoms with Gasteiger partial charge in [-0.05, 0) is 43.4 Å². The molecule has 0 unspecified atom stereocenters. The molecule has 0 saturated carbocycles. The summed E-state index contributed by atoms with van der Waals surface area (Å²) in [5.41, 5.74) is 0. The van der Waals surface area contributed by atoms with Crippen molar-refractivity contribution in [3.05, 3.63) is 0 Å². The van der Waals surface area contributed by atoms with E-state index in [-0.39, 0.29) is 39.6 Å². The molecule has 1 amide bonds. The van der Waals surface area contributed by atoms with Crippen LogP contribution in [0.3, 0.4) is 0 Å². The normalized spacial score (nSPS) is 12.6. The van der Waals surface area contributed by atoms with Crippen LogP contribution in [0.5, 0.6) is 0 Å². The number of halogens is 8. The van der Waals surface area contributed by atoms with E-state index in [1.54, 1.807) is 0 Å². The van der Waals surface area contributed by atoms with Gasteiger partial charge in [0, 0.05) is 32.7 Å². The molecule has 0 aliphatic carbocycles. The van der Waals surface area contributed by atoms with Crippen molar-refractivity contribution in [2.45, 2.75) is 89.6 Å². The molecule has 0 radical (unpaired) electrons. The van der Waals surface area contributed by atoms with Gasteiger partial charge in [-0.2, -0.15) is 35.1 Å². The summed E-state index contributed by atoms with van der Waals surface area (Å²) in [5, 5.41) is 4.36. The summed E-state index contributed by atoms with van der Waals surface area (Å²) in [7, 11) is 0. The number of hydrogen-bond donors (Lipinski definition) is 2. The van der Waals surface area contributed by atoms with E-state index in [9.17, 15) is 44.7 Å². The van der Waals surface area contributed by atoms with E-state index in [1.165, 1.54) is 5.32 Å². The molecule has 0 aliphatic rings. The number of alkyl halides is 8. The van der Waals surface area contributed by atoms with Crippen molar-refractivity contribution in [3.63, 3.8) is 0 Å². The van der Waals surface area contributed by atoms with E-state index in [0.29, 0.717) is 24.6 Å². The first-order valence-corrected chi connectivity index (χ1v) is 16.1. The number of amides is 1. The Bertz CT molecular complexity index is 894. The summed E-state index contributed by atoms with van der Waals surface area (Å²) in [4.78, 5) is 24.8. The van der Waals surface area contributed by atoms with Crippen molar-refractivity contribution in [1.29, 1.82) is 0 Å². The molecule has 48 heavy (non-hydrogen) atoms. The lowest BCUT2D eigenvalue weighted by molar-refractivity contribution is -0.499. The molecule has 282 valence electrons. The van der Waals surface area contributed by atoms with E-state index >= 15 is 0 Å². The Labute approximate surface area is 285 Å². The van der Waals surface area contributed by atoms with E-state index in [1.807, 2.05) is 13.8 Å². The molecular weight excluding hydrogens is 708 g/mol. The van der Waals surface area contributed by atoms with Crippen molar-refractivity contribution in [2.75, 3.05) is 65.9 Å². The predicted molar refractivity (Wildman–Crippen MR) is 165 cm³/mol. The second kappa shape index (κ2) is 24.5. The molecule has 0 saturated heterocycles. The van der Waals surface area contributed by atoms with Gasteiger partial charge in [0.2, 0.25) is 5.78 Å². The Hall–Kier alpha value is -1.68. The number of ketones is 1. The maximum atomic E-state index is 13.9. The van der Waals surface area contributed by atoms with Gasteiger partial charge in [0.1, 0.15) is 0 Å². The summed E-state index contributed by atoms with van der Waals surface area (Å²) in [5.74, 6) is -4.96. The van der Waals surface area contributed by atoms with Crippen molar-refractivity contribution >= 4 is 46.0 Å². The van der Waals surface area contributed by atoms with Crippen LogP contribution in [0.2, 0.25) is 0 Å². The summed E-state index contributed by atoms with van der Waals surface area (Å²) in [6.45, 7) is 3.85. The van der Waals surface area contributed by atoms with Crippen LogP contribution in [0.25, 0.3) is 0 Å². The second-order valence-corrected chi connectivity index (χ2v) is 11.1. The fraction of sp³-hybridized carbons (Fsp3) is 0.857. The number of rotatable bonds is 31. The molecule has 20 heteroatoms. The van der Waals surface area contributed by atoms with Gasteiger partial charge >= 0.3 is 30.3 Å². The first kappa shape index (κ1) is 46.3. The zero-order valence-corrected chi connectivity index (χ0v) is 28.5. The molecule has 0 heterocycles. The van der Waals surface area contributed by atoms with Gasteiger partial charge in [0.05, 0.1) is 44.6 Å². The van der Waals surface area contributed by atoms with Crippen molar-refractivity contribution in [2.24, 2.45) is 0 Å². The molecular formula is C28H44F8N2O8S2. The molecule has 10 nitrogen and oxygen atoms in total. The molecule has 2 N–H and O–H groups in total. The molecule has 0 fully saturated rings. The van der Waals surface area contributed by atoms with Crippen LogP contribution in [-0.2, 0) is 38.0 Å². The predicted octanol–water partition coefficient (Wildman–Crippen LogP) is 5.59. The standard InChI is InChI=1S/C28H44F8N2O8S2/c1-3-7-21(47)9-5-13-41-17-18-42-14-6-10-22(39)25(29,30)45-27(33,34)28(35,36)46-26(31,32)24(40)38-12-16-44-20-19-43-15-11-37-23(48)8-4-2/h3-20H2,1-2H3,(H,37,48)(H,38,40). The van der Waals surface area contributed by atoms with Gasteiger partial charge < -0.3 is 29.6 Å². The van der Waals surface area contributed by atoms with Gasteiger partial charge in [-0.1, -0.05) is 44.7 Å². The van der Waals surface area contributed by atoms with Crippen LogP contribution in [0, 0.1) is 0 Å². The number of thiocarbonyl (C=S) groups is 2. The Morgan fingerprint density at radius 3 is 1.50 bits per heavy atom. The molecule has 0 aromatic rings. The average Bonchev–Trinajstić information content (AvgIpc) is 2.97. The first-order valence-electron chi connectivity index (χ1n) is 15.2. The molecule has 0 bridgehead atoms. The lowest BCUT2D eigenvalue weighted by Gasteiger charge is -2.30. The van der Waals surface area contributed by atoms with E-state index in [4.69, 9.17) is 43.4 Å². The monoisotopic (exact) mass is 752 g/mol. The third kappa shape index (κ3) is 20.7. The van der Waals surface area contributed by atoms with Crippen LogP contribution in [0.1, 0.15) is 65.2 Å². The first-order chi connectivity index (χ1) is 22.4. The molecule has 0 aromatic heterocycles. The third-order valence-corrected chi connectivity index (χ3v) is 6.48. The lowest BCUT2D eigenvalue weighted by Crippen LogP contribution is -2.56. The van der Waals surface area contributed by atoms with Crippen LogP contribution in [0.15, 0.2) is 0 Å². The second-order valence-electron chi connectivity index (χ2n) is 10.00. The van der Waals surface area contributed by atoms with Crippen molar-refractivity contribution in [3.8, 4) is 0 Å². The van der Waals surface area contributed by atoms with E-state index in [0.717, 1.165) is 37.0 Å².